The average molecular weight is 1150 g/mol. The van der Waals surface area contributed by atoms with Crippen LogP contribution in [-0.4, -0.2) is 34.7 Å². The van der Waals surface area contributed by atoms with Crippen molar-refractivity contribution in [1.82, 2.24) is 9.80 Å². The molecule has 88 heavy (non-hydrogen) atoms. The van der Waals surface area contributed by atoms with Gasteiger partial charge in [0, 0.05) is 68.9 Å². The van der Waals surface area contributed by atoms with E-state index in [9.17, 15) is 0 Å². The van der Waals surface area contributed by atoms with Gasteiger partial charge in [0.1, 0.15) is 0 Å². The topological polar surface area (TPSA) is 47.1 Å². The second-order valence-corrected chi connectivity index (χ2v) is 25.5. The fraction of sp³-hybridized carbons (Fsp3) is 0.195. The summed E-state index contributed by atoms with van der Waals surface area (Å²) in [7, 11) is 0. The summed E-state index contributed by atoms with van der Waals surface area (Å²) in [5, 5.41) is 0. The van der Waals surface area contributed by atoms with Crippen LogP contribution in [0.1, 0.15) is 125 Å². The maximum atomic E-state index is 15.1. The van der Waals surface area contributed by atoms with Gasteiger partial charge in [0.15, 0.2) is 0 Å². The molecule has 6 nitrogen and oxygen atoms in total. The van der Waals surface area contributed by atoms with Crippen LogP contribution >= 0.6 is 0 Å². The zero-order valence-electron chi connectivity index (χ0n) is 52.4. The van der Waals surface area contributed by atoms with Crippen molar-refractivity contribution in [3.05, 3.63) is 334 Å². The van der Waals surface area contributed by atoms with Gasteiger partial charge in [-0.25, -0.2) is 0 Å². The molecule has 0 aliphatic carbocycles. The number of carbonyl (C=O) groups is 2. The number of hydrogen-bond acceptors (Lipinski definition) is 4. The van der Waals surface area contributed by atoms with Gasteiger partial charge in [-0.3, -0.25) is 9.59 Å². The Kier molecular flexibility index (Phi) is 15.6. The van der Waals surface area contributed by atoms with E-state index >= 15 is 9.59 Å². The van der Waals surface area contributed by atoms with Crippen molar-refractivity contribution in [3.8, 4) is 0 Å². The minimum atomic E-state index is -0.207. The SMILES string of the molecule is CCN1C(=O)C2=C(c3ccc(N(c4ccc(C(C)(C)c5ccccc5)cc4)c4ccc(C(C)(C)c5ccccc5)cc4)cc3)N(CC)C(=O)C2=C1c1ccc(N(c2ccc(C(C)(C)c3ccccc3)cc2)c2ccc(C(C)(C)c3ccccc3)cc2)cc1. The summed E-state index contributed by atoms with van der Waals surface area (Å²) in [4.78, 5) is 38.3. The largest absolute Gasteiger partial charge is 0.311 e. The first-order valence-corrected chi connectivity index (χ1v) is 31.0. The summed E-state index contributed by atoms with van der Waals surface area (Å²) >= 11 is 0. The zero-order chi connectivity index (χ0) is 61.5. The number of likely N-dealkylation sites (N-methyl/N-ethyl adjacent to an activating group) is 2. The molecule has 2 heterocycles. The van der Waals surface area contributed by atoms with Gasteiger partial charge in [0.05, 0.1) is 22.5 Å². The van der Waals surface area contributed by atoms with E-state index in [0.717, 1.165) is 45.3 Å². The molecule has 0 saturated carbocycles. The molecule has 2 aliphatic rings. The summed E-state index contributed by atoms with van der Waals surface area (Å²) < 4.78 is 0. The quantitative estimate of drug-likeness (QED) is 0.0859. The number of benzene rings is 10. The summed E-state index contributed by atoms with van der Waals surface area (Å²) in [6.07, 6.45) is 0. The smallest absolute Gasteiger partial charge is 0.261 e. The molecule has 0 fully saturated rings. The van der Waals surface area contributed by atoms with E-state index in [1.807, 2.05) is 13.8 Å². The molecule has 0 radical (unpaired) electrons. The van der Waals surface area contributed by atoms with Crippen LogP contribution < -0.4 is 9.80 Å². The molecule has 2 amide bonds. The number of amides is 2. The molecule has 0 saturated heterocycles. The van der Waals surface area contributed by atoms with Crippen molar-refractivity contribution in [1.29, 1.82) is 0 Å². The standard InChI is InChI=1S/C82H78N4O2/c1-11-83-75(57-33-45-67(46-34-57)85(69-49-37-63(38-50-69)79(3,4)59-25-17-13-18-26-59)70-51-39-64(40-52-70)80(5,6)60-27-19-14-20-28-60)73-74(77(83)87)76(84(12-2)78(73)88)58-35-47-68(48-36-58)86(71-53-41-65(42-54-71)81(7,8)61-29-21-15-22-30-61)72-55-43-66(44-56-72)82(9,10)62-31-23-16-24-32-62/h13-56H,11-12H2,1-10H3. The van der Waals surface area contributed by atoms with E-state index in [-0.39, 0.29) is 33.5 Å². The summed E-state index contributed by atoms with van der Waals surface area (Å²) in [5.41, 5.74) is 18.8. The predicted molar refractivity (Wildman–Crippen MR) is 365 cm³/mol. The van der Waals surface area contributed by atoms with Gasteiger partial charge in [-0.1, -0.05) is 250 Å². The highest BCUT2D eigenvalue weighted by Gasteiger charge is 2.48. The Morgan fingerprint density at radius 2 is 0.443 bits per heavy atom. The van der Waals surface area contributed by atoms with Crippen LogP contribution in [0.4, 0.5) is 34.1 Å². The second-order valence-electron chi connectivity index (χ2n) is 25.5. The fourth-order valence-corrected chi connectivity index (χ4v) is 13.2. The molecular weight excluding hydrogens is 1070 g/mol. The lowest BCUT2D eigenvalue weighted by Gasteiger charge is -2.30. The molecule has 10 aromatic rings. The van der Waals surface area contributed by atoms with Crippen molar-refractivity contribution in [2.75, 3.05) is 22.9 Å². The van der Waals surface area contributed by atoms with Gasteiger partial charge in [-0.15, -0.1) is 0 Å². The second kappa shape index (κ2) is 23.5. The van der Waals surface area contributed by atoms with Gasteiger partial charge < -0.3 is 19.6 Å². The van der Waals surface area contributed by atoms with E-state index in [2.05, 4.69) is 332 Å². The number of fused-ring (bicyclic) bond motifs is 1. The van der Waals surface area contributed by atoms with Crippen LogP contribution in [0.25, 0.3) is 11.4 Å². The van der Waals surface area contributed by atoms with Crippen molar-refractivity contribution in [2.24, 2.45) is 0 Å². The summed E-state index contributed by atoms with van der Waals surface area (Å²) in [5.74, 6) is -0.338. The Bertz CT molecular complexity index is 3720. The third-order valence-corrected chi connectivity index (χ3v) is 19.0. The van der Waals surface area contributed by atoms with E-state index in [4.69, 9.17) is 0 Å². The first-order chi connectivity index (χ1) is 42.4. The fourth-order valence-electron chi connectivity index (χ4n) is 13.2. The first-order valence-electron chi connectivity index (χ1n) is 31.0. The van der Waals surface area contributed by atoms with Gasteiger partial charge in [0.25, 0.3) is 11.8 Å². The number of hydrogen-bond donors (Lipinski definition) is 0. The van der Waals surface area contributed by atoms with Crippen molar-refractivity contribution >= 4 is 57.3 Å². The number of anilines is 6. The Hall–Kier alpha value is -9.78. The molecular formula is C82H78N4O2. The average Bonchev–Trinajstić information content (AvgIpc) is 1.95. The highest BCUT2D eigenvalue weighted by molar-refractivity contribution is 6.30. The van der Waals surface area contributed by atoms with Crippen molar-refractivity contribution in [3.63, 3.8) is 0 Å². The number of nitrogens with zero attached hydrogens (tertiary/aromatic N) is 4. The van der Waals surface area contributed by atoms with Gasteiger partial charge in [-0.2, -0.15) is 0 Å². The maximum absolute atomic E-state index is 15.1. The van der Waals surface area contributed by atoms with Crippen LogP contribution in [0.5, 0.6) is 0 Å². The third kappa shape index (κ3) is 10.5. The van der Waals surface area contributed by atoms with Gasteiger partial charge in [-0.05, 0) is 142 Å². The minimum Gasteiger partial charge on any atom is -0.311 e. The molecule has 6 heteroatoms. The highest BCUT2D eigenvalue weighted by atomic mass is 16.2. The molecule has 0 N–H and O–H groups in total. The third-order valence-electron chi connectivity index (χ3n) is 19.0. The van der Waals surface area contributed by atoms with Crippen molar-refractivity contribution in [2.45, 2.75) is 90.9 Å². The summed E-state index contributed by atoms with van der Waals surface area (Å²) in [6.45, 7) is 22.9. The van der Waals surface area contributed by atoms with E-state index in [0.29, 0.717) is 35.6 Å². The molecule has 0 atom stereocenters. The lowest BCUT2D eigenvalue weighted by Crippen LogP contribution is -2.29. The minimum absolute atomic E-state index is 0.169. The van der Waals surface area contributed by atoms with E-state index in [1.54, 1.807) is 9.80 Å². The van der Waals surface area contributed by atoms with Gasteiger partial charge >= 0.3 is 0 Å². The van der Waals surface area contributed by atoms with Gasteiger partial charge in [0.2, 0.25) is 0 Å². The molecule has 2 aliphatic heterocycles. The molecule has 0 aromatic heterocycles. The Balaban J connectivity index is 0.906. The van der Waals surface area contributed by atoms with Crippen molar-refractivity contribution < 1.29 is 9.59 Å². The molecule has 0 bridgehead atoms. The zero-order valence-corrected chi connectivity index (χ0v) is 52.4. The number of carbonyl (C=O) groups excluding carboxylic acids is 2. The van der Waals surface area contributed by atoms with Crippen LogP contribution in [0.2, 0.25) is 0 Å². The Morgan fingerprint density at radius 3 is 0.636 bits per heavy atom. The highest BCUT2D eigenvalue weighted by Crippen LogP contribution is 2.49. The number of rotatable bonds is 18. The van der Waals surface area contributed by atoms with E-state index < -0.39 is 0 Å². The molecule has 10 aromatic carbocycles. The lowest BCUT2D eigenvalue weighted by molar-refractivity contribution is -0.124. The monoisotopic (exact) mass is 1150 g/mol. The van der Waals surface area contributed by atoms with Crippen LogP contribution in [0.3, 0.4) is 0 Å². The molecule has 12 rings (SSSR count). The predicted octanol–water partition coefficient (Wildman–Crippen LogP) is 19.8. The van der Waals surface area contributed by atoms with Crippen LogP contribution in [0, 0.1) is 0 Å². The lowest BCUT2D eigenvalue weighted by atomic mass is 9.78. The Morgan fingerprint density at radius 1 is 0.261 bits per heavy atom. The first kappa shape index (κ1) is 58.6. The van der Waals surface area contributed by atoms with Crippen LogP contribution in [0.15, 0.2) is 278 Å². The Labute approximate surface area is 521 Å². The molecule has 438 valence electrons. The molecule has 0 spiro atoms. The molecule has 0 unspecified atom stereocenters. The van der Waals surface area contributed by atoms with E-state index in [1.165, 1.54) is 44.5 Å². The van der Waals surface area contributed by atoms with Crippen LogP contribution in [-0.2, 0) is 31.2 Å². The normalized spacial score (nSPS) is 13.8. The maximum Gasteiger partial charge on any atom is 0.261 e. The summed E-state index contributed by atoms with van der Waals surface area (Å²) in [6, 6.07) is 95.0.